The summed E-state index contributed by atoms with van der Waals surface area (Å²) in [5.74, 6) is -1.63. The van der Waals surface area contributed by atoms with E-state index in [4.69, 9.17) is 15.2 Å². The van der Waals surface area contributed by atoms with Crippen molar-refractivity contribution in [3.63, 3.8) is 0 Å². The van der Waals surface area contributed by atoms with Crippen molar-refractivity contribution in [3.05, 3.63) is 75.7 Å². The minimum absolute atomic E-state index is 0.0188. The van der Waals surface area contributed by atoms with Gasteiger partial charge in [0.2, 0.25) is 5.60 Å². The van der Waals surface area contributed by atoms with Crippen LogP contribution in [-0.4, -0.2) is 74.3 Å². The Morgan fingerprint density at radius 3 is 2.40 bits per heavy atom. The first-order valence-corrected chi connectivity index (χ1v) is 19.2. The quantitative estimate of drug-likeness (QED) is 0.170. The van der Waals surface area contributed by atoms with Gasteiger partial charge >= 0.3 is 18.3 Å². The Hall–Kier alpha value is -3.93. The van der Waals surface area contributed by atoms with Crippen molar-refractivity contribution >= 4 is 23.2 Å². The number of hydrogen-bond donors (Lipinski definition) is 3. The number of halogens is 6. The van der Waals surface area contributed by atoms with E-state index in [1.165, 1.54) is 9.80 Å². The molecule has 1 aliphatic carbocycles. The van der Waals surface area contributed by atoms with Crippen LogP contribution in [0, 0.1) is 5.92 Å². The number of aromatic nitrogens is 1. The summed E-state index contributed by atoms with van der Waals surface area (Å²) in [4.78, 5) is 32.3. The highest BCUT2D eigenvalue weighted by molar-refractivity contribution is 7.10. The molecule has 2 aromatic heterocycles. The topological polar surface area (TPSA) is 138 Å². The molecule has 3 aromatic rings. The molecule has 3 fully saturated rings. The Morgan fingerprint density at radius 1 is 1.04 bits per heavy atom. The summed E-state index contributed by atoms with van der Waals surface area (Å²) in [5, 5.41) is 22.2. The van der Waals surface area contributed by atoms with Gasteiger partial charge in [0.1, 0.15) is 16.4 Å². The van der Waals surface area contributed by atoms with Crippen LogP contribution >= 0.6 is 11.3 Å². The van der Waals surface area contributed by atoms with E-state index in [9.17, 15) is 46.1 Å². The van der Waals surface area contributed by atoms with Crippen LogP contribution in [0.25, 0.3) is 0 Å². The van der Waals surface area contributed by atoms with Gasteiger partial charge in [0.05, 0.1) is 29.3 Å². The van der Waals surface area contributed by atoms with E-state index in [0.717, 1.165) is 29.8 Å². The highest BCUT2D eigenvalue weighted by Gasteiger charge is 2.56. The lowest BCUT2D eigenvalue weighted by Gasteiger charge is -2.52. The predicted octanol–water partition coefficient (Wildman–Crippen LogP) is 7.36. The molecule has 0 bridgehead atoms. The van der Waals surface area contributed by atoms with Gasteiger partial charge in [-0.15, -0.1) is 11.3 Å². The standard InChI is InChI=1S/C38H44F6N4O6S/c1-2-7-29-36(54-25-21-30(55-22-25)38(42,43)44,13-6-17-48(29)32(49)31-27(37(39,40)41)9-5-16-46-31)34(52)47-18-14-35(45,15-19-47)26-8-3-4-10-28(26)53-24-12-11-23(20-24)33(50)51/h3-5,8-10,16,21-24,29,32,49H,2,6-7,11-15,17-20,45H2,1H3,(H,50,51). The van der Waals surface area contributed by atoms with Crippen LogP contribution in [0.4, 0.5) is 26.3 Å². The number of aliphatic hydroxyl groups excluding tert-OH is 1. The number of nitrogens with two attached hydrogens (primary N) is 1. The van der Waals surface area contributed by atoms with Gasteiger partial charge in [-0.1, -0.05) is 31.5 Å². The second-order valence-electron chi connectivity index (χ2n) is 14.6. The van der Waals surface area contributed by atoms with Crippen molar-refractivity contribution in [1.29, 1.82) is 0 Å². The normalized spacial score (nSPS) is 25.4. The number of piperidine rings is 2. The maximum atomic E-state index is 15.0. The minimum atomic E-state index is -4.85. The predicted molar refractivity (Wildman–Crippen MR) is 189 cm³/mol. The monoisotopic (exact) mass is 798 g/mol. The smallest absolute Gasteiger partial charge is 0.425 e. The average molecular weight is 799 g/mol. The molecular weight excluding hydrogens is 754 g/mol. The molecule has 17 heteroatoms. The third-order valence-corrected chi connectivity index (χ3v) is 12.0. The Morgan fingerprint density at radius 2 is 1.76 bits per heavy atom. The molecular formula is C38H44F6N4O6S. The number of pyridine rings is 1. The number of thiophene rings is 1. The molecule has 2 aliphatic heterocycles. The zero-order chi connectivity index (χ0) is 39.8. The number of carbonyl (C=O) groups excluding carboxylic acids is 1. The second-order valence-corrected chi connectivity index (χ2v) is 15.5. The lowest BCUT2D eigenvalue weighted by Crippen LogP contribution is -2.68. The number of ether oxygens (including phenoxy) is 2. The summed E-state index contributed by atoms with van der Waals surface area (Å²) in [6.45, 7) is 2.07. The molecule has 4 heterocycles. The average Bonchev–Trinajstić information content (AvgIpc) is 3.82. The SMILES string of the molecule is CCCC1N(C(O)c2ncccc2C(F)(F)F)CCCC1(Oc1csc(C(F)(F)F)c1)C(=O)N1CCC(N)(c2ccccc2OC2CCC(C(=O)O)C2)CC1. The van der Waals surface area contributed by atoms with Crippen LogP contribution in [0.3, 0.4) is 0 Å². The second kappa shape index (κ2) is 15.9. The number of rotatable bonds is 11. The molecule has 0 radical (unpaired) electrons. The van der Waals surface area contributed by atoms with Crippen molar-refractivity contribution in [2.45, 2.75) is 107 Å². The molecule has 55 heavy (non-hydrogen) atoms. The fourth-order valence-corrected chi connectivity index (χ4v) is 9.00. The summed E-state index contributed by atoms with van der Waals surface area (Å²) in [7, 11) is 0. The molecule has 4 N–H and O–H groups in total. The van der Waals surface area contributed by atoms with Gasteiger partial charge < -0.3 is 30.3 Å². The summed E-state index contributed by atoms with van der Waals surface area (Å²) in [6, 6.07) is 8.86. The van der Waals surface area contributed by atoms with E-state index in [-0.39, 0.29) is 63.6 Å². The van der Waals surface area contributed by atoms with E-state index in [2.05, 4.69) is 4.98 Å². The maximum absolute atomic E-state index is 15.0. The molecule has 0 spiro atoms. The fraction of sp³-hybridized carbons (Fsp3) is 0.553. The molecule has 2 saturated heterocycles. The third kappa shape index (κ3) is 8.44. The lowest BCUT2D eigenvalue weighted by atomic mass is 9.77. The lowest BCUT2D eigenvalue weighted by molar-refractivity contribution is -0.175. The van der Waals surface area contributed by atoms with E-state index in [0.29, 0.717) is 48.3 Å². The van der Waals surface area contributed by atoms with Gasteiger partial charge in [-0.25, -0.2) is 0 Å². The molecule has 5 atom stereocenters. The van der Waals surface area contributed by atoms with E-state index in [1.807, 2.05) is 12.1 Å². The molecule has 300 valence electrons. The molecule has 5 unspecified atom stereocenters. The van der Waals surface area contributed by atoms with Gasteiger partial charge in [-0.2, -0.15) is 26.3 Å². The summed E-state index contributed by atoms with van der Waals surface area (Å²) in [5.41, 5.74) is 3.06. The summed E-state index contributed by atoms with van der Waals surface area (Å²) >= 11 is 0.395. The van der Waals surface area contributed by atoms with Gasteiger partial charge in [-0.3, -0.25) is 19.5 Å². The molecule has 6 rings (SSSR count). The van der Waals surface area contributed by atoms with Gasteiger partial charge in [0.15, 0.2) is 6.23 Å². The van der Waals surface area contributed by atoms with Gasteiger partial charge in [-0.05, 0) is 69.6 Å². The number of aliphatic carboxylic acids is 1. The third-order valence-electron chi connectivity index (χ3n) is 11.1. The number of amides is 1. The number of aliphatic hydroxyl groups is 1. The van der Waals surface area contributed by atoms with Crippen molar-refractivity contribution in [2.75, 3.05) is 19.6 Å². The summed E-state index contributed by atoms with van der Waals surface area (Å²) < 4.78 is 96.1. The van der Waals surface area contributed by atoms with Crippen LogP contribution in [0.15, 0.2) is 54.0 Å². The Balaban J connectivity index is 1.31. The van der Waals surface area contributed by atoms with E-state index < -0.39 is 69.7 Å². The minimum Gasteiger partial charge on any atom is -0.490 e. The van der Waals surface area contributed by atoms with Gasteiger partial charge in [0.25, 0.3) is 5.91 Å². The molecule has 1 saturated carbocycles. The van der Waals surface area contributed by atoms with Crippen LogP contribution in [0.2, 0.25) is 0 Å². The number of para-hydroxylation sites is 1. The van der Waals surface area contributed by atoms with Crippen molar-refractivity contribution in [3.8, 4) is 11.5 Å². The first kappa shape index (κ1) is 40.7. The Bertz CT molecular complexity index is 1830. The van der Waals surface area contributed by atoms with E-state index >= 15 is 0 Å². The highest BCUT2D eigenvalue weighted by atomic mass is 32.1. The first-order valence-electron chi connectivity index (χ1n) is 18.3. The molecule has 3 aliphatic rings. The van der Waals surface area contributed by atoms with Crippen LogP contribution in [0.5, 0.6) is 11.5 Å². The molecule has 1 amide bonds. The maximum Gasteiger partial charge on any atom is 0.425 e. The number of hydrogen-bond acceptors (Lipinski definition) is 9. The number of likely N-dealkylation sites (tertiary alicyclic amines) is 2. The molecule has 1 aromatic carbocycles. The zero-order valence-corrected chi connectivity index (χ0v) is 30.9. The van der Waals surface area contributed by atoms with Crippen LogP contribution in [-0.2, 0) is 27.5 Å². The number of carboxylic acid groups (broad SMARTS) is 1. The number of carbonyl (C=O) groups is 2. The summed E-state index contributed by atoms with van der Waals surface area (Å²) in [6.07, 6.45) is -7.96. The van der Waals surface area contributed by atoms with Gasteiger partial charge in [0, 0.05) is 48.4 Å². The number of benzene rings is 1. The largest absolute Gasteiger partial charge is 0.490 e. The van der Waals surface area contributed by atoms with E-state index in [1.54, 1.807) is 19.1 Å². The number of alkyl halides is 6. The number of carboxylic acids is 1. The molecule has 10 nitrogen and oxygen atoms in total. The zero-order valence-electron chi connectivity index (χ0n) is 30.1. The first-order chi connectivity index (χ1) is 26.0. The Labute approximate surface area is 318 Å². The van der Waals surface area contributed by atoms with Crippen LogP contribution < -0.4 is 15.2 Å². The number of nitrogens with zero attached hydrogens (tertiary/aromatic N) is 3. The highest BCUT2D eigenvalue weighted by Crippen LogP contribution is 2.46. The Kier molecular flexibility index (Phi) is 11.8. The van der Waals surface area contributed by atoms with Crippen LogP contribution in [0.1, 0.15) is 92.6 Å². The van der Waals surface area contributed by atoms with Crippen molar-refractivity contribution in [2.24, 2.45) is 11.7 Å². The fourth-order valence-electron chi connectivity index (χ4n) is 8.32. The van der Waals surface area contributed by atoms with Crippen molar-refractivity contribution in [1.82, 2.24) is 14.8 Å². The van der Waals surface area contributed by atoms with Crippen molar-refractivity contribution < 1.29 is 55.6 Å².